The van der Waals surface area contributed by atoms with E-state index in [-0.39, 0.29) is 11.3 Å². The molecule has 0 atom stereocenters. The van der Waals surface area contributed by atoms with E-state index in [1.165, 1.54) is 52.6 Å². The summed E-state index contributed by atoms with van der Waals surface area (Å²) in [6.07, 6.45) is 7.75. The lowest BCUT2D eigenvalue weighted by molar-refractivity contribution is 0.353. The van der Waals surface area contributed by atoms with Crippen molar-refractivity contribution in [3.05, 3.63) is 191 Å². The number of amidine groups is 2. The number of benzene rings is 7. The topological polar surface area (TPSA) is 85.5 Å². The standard InChI is InChI=1S/C52H38N4O/c53-32-35-24-27-41-45(30-35)52(28-7-2-8-29-52)44-19-10-17-40(48(41)44)39-15-9-14-38(31-39)36-25-22-34(23-26-36)33-55-51(56-50(54)37-12-3-1-4-13-37)43-18-11-21-47-49(43)42-16-5-6-20-46(42)57-47/h1,3-6,9-27,30-31,33,54H,2,7-8,28-29H2. The predicted molar refractivity (Wildman–Crippen MR) is 232 cm³/mol. The third kappa shape index (κ3) is 5.98. The zero-order valence-corrected chi connectivity index (χ0v) is 31.4. The normalized spacial score (nSPS) is 14.5. The molecule has 5 nitrogen and oxygen atoms in total. The van der Waals surface area contributed by atoms with E-state index in [1.54, 1.807) is 0 Å². The highest BCUT2D eigenvalue weighted by molar-refractivity contribution is 6.22. The average Bonchev–Trinajstić information content (AvgIpc) is 3.79. The number of hydrogen-bond acceptors (Lipinski definition) is 3. The van der Waals surface area contributed by atoms with Crippen LogP contribution in [0.25, 0.3) is 55.3 Å². The van der Waals surface area contributed by atoms with Gasteiger partial charge in [-0.05, 0) is 93.2 Å². The Balaban J connectivity index is 0.995. The Morgan fingerprint density at radius 1 is 0.649 bits per heavy atom. The van der Waals surface area contributed by atoms with Crippen molar-refractivity contribution < 1.29 is 4.42 Å². The third-order valence-electron chi connectivity index (χ3n) is 11.9. The summed E-state index contributed by atoms with van der Waals surface area (Å²) >= 11 is 0. The van der Waals surface area contributed by atoms with Crippen LogP contribution in [0.2, 0.25) is 0 Å². The van der Waals surface area contributed by atoms with Gasteiger partial charge >= 0.3 is 0 Å². The summed E-state index contributed by atoms with van der Waals surface area (Å²) < 4.78 is 6.19. The maximum Gasteiger partial charge on any atom is 0.162 e. The van der Waals surface area contributed by atoms with Gasteiger partial charge in [-0.3, -0.25) is 5.41 Å². The first-order valence-corrected chi connectivity index (χ1v) is 19.7. The first-order chi connectivity index (χ1) is 28.1. The summed E-state index contributed by atoms with van der Waals surface area (Å²) in [6, 6.07) is 56.2. The van der Waals surface area contributed by atoms with E-state index in [0.29, 0.717) is 11.4 Å². The minimum absolute atomic E-state index is 0.0218. The lowest BCUT2D eigenvalue weighted by Crippen LogP contribution is -2.28. The summed E-state index contributed by atoms with van der Waals surface area (Å²) in [4.78, 5) is 9.74. The average molecular weight is 735 g/mol. The second-order valence-corrected chi connectivity index (χ2v) is 15.1. The van der Waals surface area contributed by atoms with Crippen LogP contribution in [-0.2, 0) is 5.41 Å². The van der Waals surface area contributed by atoms with Crippen LogP contribution in [0.3, 0.4) is 0 Å². The van der Waals surface area contributed by atoms with Gasteiger partial charge in [0.2, 0.25) is 0 Å². The molecule has 1 spiro atoms. The summed E-state index contributed by atoms with van der Waals surface area (Å²) in [5.74, 6) is 0.574. The van der Waals surface area contributed by atoms with Crippen molar-refractivity contribution in [1.29, 1.82) is 10.7 Å². The molecule has 1 aromatic heterocycles. The summed E-state index contributed by atoms with van der Waals surface area (Å²) in [7, 11) is 0. The van der Waals surface area contributed by atoms with Crippen molar-refractivity contribution in [2.75, 3.05) is 0 Å². The Kier molecular flexibility index (Phi) is 8.53. The Morgan fingerprint density at radius 2 is 1.40 bits per heavy atom. The zero-order valence-electron chi connectivity index (χ0n) is 31.4. The van der Waals surface area contributed by atoms with Crippen LogP contribution in [0.4, 0.5) is 0 Å². The number of furan rings is 1. The van der Waals surface area contributed by atoms with Crippen LogP contribution in [0.5, 0.6) is 0 Å². The molecule has 0 aliphatic heterocycles. The van der Waals surface area contributed by atoms with E-state index in [0.717, 1.165) is 62.6 Å². The van der Waals surface area contributed by atoms with Gasteiger partial charge in [-0.2, -0.15) is 5.26 Å². The van der Waals surface area contributed by atoms with Crippen LogP contribution in [0.15, 0.2) is 172 Å². The van der Waals surface area contributed by atoms with Gasteiger partial charge in [0.15, 0.2) is 11.7 Å². The summed E-state index contributed by atoms with van der Waals surface area (Å²) in [5.41, 5.74) is 14.7. The molecule has 1 fully saturated rings. The highest BCUT2D eigenvalue weighted by Gasteiger charge is 2.44. The number of rotatable bonds is 5. The summed E-state index contributed by atoms with van der Waals surface area (Å²) in [6.45, 7) is 0. The van der Waals surface area contributed by atoms with Gasteiger partial charge in [-0.1, -0.05) is 147 Å². The van der Waals surface area contributed by atoms with E-state index in [4.69, 9.17) is 19.8 Å². The molecular weight excluding hydrogens is 697 g/mol. The van der Waals surface area contributed by atoms with Gasteiger partial charge in [0.25, 0.3) is 0 Å². The van der Waals surface area contributed by atoms with Crippen molar-refractivity contribution in [3.8, 4) is 39.4 Å². The fraction of sp³-hybridized carbons (Fsp3) is 0.115. The number of para-hydroxylation sites is 1. The summed E-state index contributed by atoms with van der Waals surface area (Å²) in [5, 5.41) is 20.6. The maximum atomic E-state index is 9.82. The SMILES string of the molecule is N#Cc1ccc2c(c1)C1(CCCCC1)c1cccc(-c3cccc(-c4ccc(C=NC(=NC(=N)c5ccccc5)c5cccc6oc7ccccc7c56)cc4)c3)c1-2. The van der Waals surface area contributed by atoms with Crippen molar-refractivity contribution in [3.63, 3.8) is 0 Å². The number of nitrogens with one attached hydrogen (secondary N) is 1. The fourth-order valence-corrected chi connectivity index (χ4v) is 9.20. The second kappa shape index (κ2) is 14.2. The van der Waals surface area contributed by atoms with Gasteiger partial charge < -0.3 is 4.42 Å². The molecule has 1 N–H and O–H groups in total. The molecule has 0 unspecified atom stereocenters. The lowest BCUT2D eigenvalue weighted by atomic mass is 9.67. The molecule has 2 aliphatic carbocycles. The first kappa shape index (κ1) is 34.3. The van der Waals surface area contributed by atoms with Crippen LogP contribution < -0.4 is 0 Å². The monoisotopic (exact) mass is 734 g/mol. The molecule has 5 heteroatoms. The molecule has 57 heavy (non-hydrogen) atoms. The Hall–Kier alpha value is -7.16. The Labute approximate surface area is 331 Å². The molecule has 0 bridgehead atoms. The van der Waals surface area contributed by atoms with Crippen molar-refractivity contribution in [1.82, 2.24) is 0 Å². The van der Waals surface area contributed by atoms with Gasteiger partial charge in [-0.15, -0.1) is 0 Å². The number of fused-ring (bicyclic) bond motifs is 8. The van der Waals surface area contributed by atoms with Crippen LogP contribution in [0, 0.1) is 16.7 Å². The molecule has 0 amide bonds. The smallest absolute Gasteiger partial charge is 0.162 e. The minimum atomic E-state index is -0.0218. The van der Waals surface area contributed by atoms with Gasteiger partial charge in [-0.25, -0.2) is 9.98 Å². The zero-order chi connectivity index (χ0) is 38.3. The van der Waals surface area contributed by atoms with Crippen LogP contribution in [0.1, 0.15) is 65.5 Å². The third-order valence-corrected chi connectivity index (χ3v) is 11.9. The Bertz CT molecular complexity index is 2960. The number of hydrogen-bond donors (Lipinski definition) is 1. The highest BCUT2D eigenvalue weighted by Crippen LogP contribution is 2.58. The van der Waals surface area contributed by atoms with E-state index in [1.807, 2.05) is 85.1 Å². The van der Waals surface area contributed by atoms with Crippen LogP contribution in [-0.4, -0.2) is 17.9 Å². The fourth-order valence-electron chi connectivity index (χ4n) is 9.20. The molecule has 0 saturated heterocycles. The van der Waals surface area contributed by atoms with E-state index in [9.17, 15) is 5.26 Å². The van der Waals surface area contributed by atoms with E-state index >= 15 is 0 Å². The van der Waals surface area contributed by atoms with Gasteiger partial charge in [0, 0.05) is 33.5 Å². The lowest BCUT2D eigenvalue weighted by Gasteiger charge is -2.36. The molecule has 272 valence electrons. The van der Waals surface area contributed by atoms with Gasteiger partial charge in [0.1, 0.15) is 11.2 Å². The highest BCUT2D eigenvalue weighted by atomic mass is 16.3. The van der Waals surface area contributed by atoms with Crippen molar-refractivity contribution >= 4 is 39.8 Å². The quantitative estimate of drug-likeness (QED) is 0.141. The van der Waals surface area contributed by atoms with E-state index < -0.39 is 0 Å². The number of aliphatic imine (C=N–C) groups is 2. The van der Waals surface area contributed by atoms with Crippen LogP contribution >= 0.6 is 0 Å². The minimum Gasteiger partial charge on any atom is -0.456 e. The Morgan fingerprint density at radius 3 is 2.25 bits per heavy atom. The maximum absolute atomic E-state index is 9.82. The van der Waals surface area contributed by atoms with Crippen molar-refractivity contribution in [2.45, 2.75) is 37.5 Å². The molecular formula is C52H38N4O. The molecule has 8 aromatic rings. The largest absolute Gasteiger partial charge is 0.456 e. The molecule has 0 radical (unpaired) electrons. The molecule has 1 heterocycles. The predicted octanol–water partition coefficient (Wildman–Crippen LogP) is 12.9. The number of nitriles is 1. The van der Waals surface area contributed by atoms with Crippen molar-refractivity contribution in [2.24, 2.45) is 9.98 Å². The van der Waals surface area contributed by atoms with E-state index in [2.05, 4.69) is 84.9 Å². The number of nitrogens with zero attached hydrogens (tertiary/aromatic N) is 3. The molecule has 7 aromatic carbocycles. The molecule has 1 saturated carbocycles. The molecule has 10 rings (SSSR count). The molecule has 2 aliphatic rings. The van der Waals surface area contributed by atoms with Gasteiger partial charge in [0.05, 0.1) is 11.6 Å². The second-order valence-electron chi connectivity index (χ2n) is 15.1. The first-order valence-electron chi connectivity index (χ1n) is 19.7.